The molecule has 0 fully saturated rings. The molecule has 0 spiro atoms. The molecule has 78 valence electrons. The van der Waals surface area contributed by atoms with Crippen molar-refractivity contribution < 1.29 is 9.90 Å². The van der Waals surface area contributed by atoms with E-state index in [0.29, 0.717) is 11.4 Å². The summed E-state index contributed by atoms with van der Waals surface area (Å²) in [6.07, 6.45) is 0. The third-order valence-electron chi connectivity index (χ3n) is 2.13. The molecule has 1 aliphatic heterocycles. The molecule has 1 aliphatic rings. The van der Waals surface area contributed by atoms with Crippen molar-refractivity contribution in [1.82, 2.24) is 0 Å². The van der Waals surface area contributed by atoms with Crippen LogP contribution in [0, 0.1) is 0 Å². The Hall–Kier alpha value is -1.49. The van der Waals surface area contributed by atoms with E-state index in [9.17, 15) is 4.79 Å². The molecule has 0 bridgehead atoms. The lowest BCUT2D eigenvalue weighted by molar-refractivity contribution is -0.137. The molecule has 3 N–H and O–H groups in total. The van der Waals surface area contributed by atoms with E-state index in [0.717, 1.165) is 10.6 Å². The molecule has 0 saturated heterocycles. The van der Waals surface area contributed by atoms with Crippen LogP contribution in [0.4, 0.5) is 5.69 Å². The molecule has 5 heteroatoms. The van der Waals surface area contributed by atoms with Gasteiger partial charge >= 0.3 is 5.97 Å². The largest absolute Gasteiger partial charge is 0.480 e. The smallest absolute Gasteiger partial charge is 0.329 e. The summed E-state index contributed by atoms with van der Waals surface area (Å²) in [6.45, 7) is 0. The summed E-state index contributed by atoms with van der Waals surface area (Å²) in [4.78, 5) is 14.8. The van der Waals surface area contributed by atoms with Crippen molar-refractivity contribution in [3.05, 3.63) is 29.8 Å². The Labute approximate surface area is 91.2 Å². The van der Waals surface area contributed by atoms with Crippen molar-refractivity contribution in [2.75, 3.05) is 11.5 Å². The van der Waals surface area contributed by atoms with Gasteiger partial charge in [0.2, 0.25) is 0 Å². The molecule has 1 aromatic carbocycles. The van der Waals surface area contributed by atoms with E-state index in [-0.39, 0.29) is 0 Å². The summed E-state index contributed by atoms with van der Waals surface area (Å²) < 4.78 is 0. The fraction of sp³-hybridized carbons (Fsp3) is 0.200. The highest BCUT2D eigenvalue weighted by atomic mass is 32.2. The number of rotatable bonds is 2. The number of carbonyl (C=O) groups is 1. The monoisotopic (exact) mass is 222 g/mol. The van der Waals surface area contributed by atoms with Crippen LogP contribution in [0.25, 0.3) is 0 Å². The summed E-state index contributed by atoms with van der Waals surface area (Å²) in [6, 6.07) is 6.71. The van der Waals surface area contributed by atoms with Gasteiger partial charge in [-0.3, -0.25) is 4.99 Å². The second kappa shape index (κ2) is 3.94. The molecule has 1 heterocycles. The van der Waals surface area contributed by atoms with Gasteiger partial charge < -0.3 is 10.8 Å². The summed E-state index contributed by atoms with van der Waals surface area (Å²) in [5, 5.41) is 9.52. The Bertz CT molecular complexity index is 431. The number of nitrogens with zero attached hydrogens (tertiary/aromatic N) is 1. The van der Waals surface area contributed by atoms with E-state index in [1.54, 1.807) is 6.07 Å². The first-order valence-electron chi connectivity index (χ1n) is 4.47. The van der Waals surface area contributed by atoms with Gasteiger partial charge in [0.25, 0.3) is 0 Å². The third kappa shape index (κ3) is 1.97. The number of carboxylic acid groups (broad SMARTS) is 1. The van der Waals surface area contributed by atoms with Crippen LogP contribution >= 0.6 is 11.8 Å². The Balaban J connectivity index is 2.30. The van der Waals surface area contributed by atoms with Gasteiger partial charge in [0.15, 0.2) is 6.04 Å². The van der Waals surface area contributed by atoms with Gasteiger partial charge in [0.1, 0.15) is 5.04 Å². The number of carboxylic acids is 1. The number of anilines is 1. The van der Waals surface area contributed by atoms with Crippen molar-refractivity contribution in [1.29, 1.82) is 0 Å². The highest BCUT2D eigenvalue weighted by Gasteiger charge is 2.25. The number of aliphatic imine (C=N–C) groups is 1. The molecule has 0 amide bonds. The summed E-state index contributed by atoms with van der Waals surface area (Å²) >= 11 is 1.44. The third-order valence-corrected chi connectivity index (χ3v) is 3.21. The Kier molecular flexibility index (Phi) is 2.64. The van der Waals surface area contributed by atoms with Crippen molar-refractivity contribution in [3.8, 4) is 0 Å². The standard InChI is InChI=1S/C10H10N2O2S/c11-7-4-2-1-3-6(7)9-12-8(5-15-9)10(13)14/h1-4,8H,5,11H2,(H,13,14). The number of hydrogen-bond donors (Lipinski definition) is 2. The molecule has 4 nitrogen and oxygen atoms in total. The first-order chi connectivity index (χ1) is 7.18. The predicted molar refractivity (Wildman–Crippen MR) is 61.3 cm³/mol. The fourth-order valence-corrected chi connectivity index (χ4v) is 2.42. The number of aliphatic carboxylic acids is 1. The molecule has 0 aromatic heterocycles. The topological polar surface area (TPSA) is 75.7 Å². The van der Waals surface area contributed by atoms with E-state index in [1.807, 2.05) is 18.2 Å². The van der Waals surface area contributed by atoms with Gasteiger partial charge in [-0.1, -0.05) is 18.2 Å². The predicted octanol–water partition coefficient (Wildman–Crippen LogP) is 1.22. The van der Waals surface area contributed by atoms with Gasteiger partial charge in [-0.2, -0.15) is 0 Å². The SMILES string of the molecule is Nc1ccccc1C1=NC(C(=O)O)CS1. The second-order valence-corrected chi connectivity index (χ2v) is 4.20. The van der Waals surface area contributed by atoms with E-state index >= 15 is 0 Å². The lowest BCUT2D eigenvalue weighted by Gasteiger charge is -2.02. The van der Waals surface area contributed by atoms with E-state index in [4.69, 9.17) is 10.8 Å². The lowest BCUT2D eigenvalue weighted by Crippen LogP contribution is -2.17. The van der Waals surface area contributed by atoms with Crippen LogP contribution in [-0.4, -0.2) is 27.9 Å². The van der Waals surface area contributed by atoms with E-state index in [1.165, 1.54) is 11.8 Å². The molecule has 0 aliphatic carbocycles. The highest BCUT2D eigenvalue weighted by molar-refractivity contribution is 8.14. The summed E-state index contributed by atoms with van der Waals surface area (Å²) in [5.41, 5.74) is 7.24. The zero-order valence-electron chi connectivity index (χ0n) is 7.88. The highest BCUT2D eigenvalue weighted by Crippen LogP contribution is 2.26. The van der Waals surface area contributed by atoms with Crippen LogP contribution < -0.4 is 5.73 Å². The molecule has 15 heavy (non-hydrogen) atoms. The van der Waals surface area contributed by atoms with Crippen molar-refractivity contribution >= 4 is 28.5 Å². The quantitative estimate of drug-likeness (QED) is 0.737. The van der Waals surface area contributed by atoms with Crippen LogP contribution in [0.3, 0.4) is 0 Å². The van der Waals surface area contributed by atoms with Gasteiger partial charge in [-0.15, -0.1) is 11.8 Å². The molecular formula is C10H10N2O2S. The Morgan fingerprint density at radius 3 is 2.87 bits per heavy atom. The van der Waals surface area contributed by atoms with Crippen molar-refractivity contribution in [2.24, 2.45) is 4.99 Å². The lowest BCUT2D eigenvalue weighted by atomic mass is 10.2. The van der Waals surface area contributed by atoms with Gasteiger partial charge in [0, 0.05) is 17.0 Å². The van der Waals surface area contributed by atoms with Crippen LogP contribution in [0.5, 0.6) is 0 Å². The van der Waals surface area contributed by atoms with Gasteiger partial charge in [-0.05, 0) is 6.07 Å². The molecule has 1 atom stereocenters. The number of para-hydroxylation sites is 1. The summed E-state index contributed by atoms with van der Waals surface area (Å²) in [7, 11) is 0. The summed E-state index contributed by atoms with van der Waals surface area (Å²) in [5.74, 6) is -0.397. The van der Waals surface area contributed by atoms with Crippen LogP contribution in [0.1, 0.15) is 5.56 Å². The van der Waals surface area contributed by atoms with Crippen LogP contribution in [0.15, 0.2) is 29.3 Å². The zero-order chi connectivity index (χ0) is 10.8. The molecule has 0 radical (unpaired) electrons. The Morgan fingerprint density at radius 1 is 1.53 bits per heavy atom. The number of nitrogens with two attached hydrogens (primary N) is 1. The minimum absolute atomic E-state index is 0.485. The molecule has 0 saturated carbocycles. The number of benzene rings is 1. The number of thioether (sulfide) groups is 1. The first kappa shape index (κ1) is 10.0. The normalized spacial score (nSPS) is 20.0. The molecular weight excluding hydrogens is 212 g/mol. The first-order valence-corrected chi connectivity index (χ1v) is 5.45. The van der Waals surface area contributed by atoms with Crippen LogP contribution in [0.2, 0.25) is 0 Å². The van der Waals surface area contributed by atoms with Gasteiger partial charge in [0.05, 0.1) is 0 Å². The molecule has 2 rings (SSSR count). The van der Waals surface area contributed by atoms with Crippen molar-refractivity contribution in [2.45, 2.75) is 6.04 Å². The minimum Gasteiger partial charge on any atom is -0.480 e. The maximum Gasteiger partial charge on any atom is 0.329 e. The maximum absolute atomic E-state index is 10.7. The average Bonchev–Trinajstić information content (AvgIpc) is 2.67. The van der Waals surface area contributed by atoms with Crippen molar-refractivity contribution in [3.63, 3.8) is 0 Å². The molecule has 1 aromatic rings. The zero-order valence-corrected chi connectivity index (χ0v) is 8.70. The second-order valence-electron chi connectivity index (χ2n) is 3.19. The van der Waals surface area contributed by atoms with Gasteiger partial charge in [-0.25, -0.2) is 4.79 Å². The molecule has 1 unspecified atom stereocenters. The van der Waals surface area contributed by atoms with E-state index in [2.05, 4.69) is 4.99 Å². The van der Waals surface area contributed by atoms with Crippen LogP contribution in [-0.2, 0) is 4.79 Å². The number of hydrogen-bond acceptors (Lipinski definition) is 4. The maximum atomic E-state index is 10.7. The Morgan fingerprint density at radius 2 is 2.27 bits per heavy atom. The van der Waals surface area contributed by atoms with E-state index < -0.39 is 12.0 Å². The average molecular weight is 222 g/mol. The fourth-order valence-electron chi connectivity index (χ4n) is 1.34. The minimum atomic E-state index is -0.882. The number of nitrogen functional groups attached to an aromatic ring is 1.